The minimum atomic E-state index is -4.66. The summed E-state index contributed by atoms with van der Waals surface area (Å²) in [6, 6.07) is 5.27. The molecule has 0 saturated carbocycles. The zero-order valence-corrected chi connectivity index (χ0v) is 15.6. The lowest BCUT2D eigenvalue weighted by Gasteiger charge is -2.19. The van der Waals surface area contributed by atoms with E-state index in [4.69, 9.17) is 0 Å². The molecule has 0 aliphatic rings. The van der Waals surface area contributed by atoms with Gasteiger partial charge in [0, 0.05) is 6.92 Å². The van der Waals surface area contributed by atoms with Gasteiger partial charge in [-0.05, 0) is 12.1 Å². The summed E-state index contributed by atoms with van der Waals surface area (Å²) in [5, 5.41) is 1.74. The molecule has 15 heteroatoms. The Balaban J connectivity index is 2.38. The Morgan fingerprint density at radius 3 is 1.93 bits per heavy atom. The molecule has 10 nitrogen and oxygen atoms in total. The molecule has 1 N–H and O–H groups in total. The lowest BCUT2D eigenvalue weighted by Crippen LogP contribution is -2.43. The van der Waals surface area contributed by atoms with Gasteiger partial charge in [-0.25, -0.2) is 13.2 Å². The summed E-state index contributed by atoms with van der Waals surface area (Å²) >= 11 is 0. The largest absolute Gasteiger partial charge is 0.417 e. The van der Waals surface area contributed by atoms with E-state index in [1.165, 1.54) is 18.2 Å². The van der Waals surface area contributed by atoms with Crippen LogP contribution in [0.3, 0.4) is 0 Å². The summed E-state index contributed by atoms with van der Waals surface area (Å²) in [6.45, 7) is -6.05. The van der Waals surface area contributed by atoms with E-state index in [1.54, 1.807) is 5.32 Å². The minimum Gasteiger partial charge on any atom is -0.417 e. The molecule has 0 spiro atoms. The van der Waals surface area contributed by atoms with Crippen LogP contribution in [0.4, 0.5) is 28.3 Å². The van der Waals surface area contributed by atoms with Crippen molar-refractivity contribution in [1.29, 1.82) is 0 Å². The molecule has 1 aromatic heterocycles. The van der Waals surface area contributed by atoms with Crippen LogP contribution in [0.15, 0.2) is 41.3 Å². The second kappa shape index (κ2) is 9.34. The average molecular weight is 452 g/mol. The van der Waals surface area contributed by atoms with Crippen molar-refractivity contribution in [3.8, 4) is 11.8 Å². The summed E-state index contributed by atoms with van der Waals surface area (Å²) in [5.74, 6) is -4.11. The Hall–Kier alpha value is -3.49. The first kappa shape index (κ1) is 22.8. The molecule has 0 bridgehead atoms. The van der Waals surface area contributed by atoms with E-state index in [1.807, 2.05) is 0 Å². The average Bonchev–Trinajstić information content (AvgIpc) is 2.60. The Morgan fingerprint density at radius 2 is 1.50 bits per heavy atom. The zero-order chi connectivity index (χ0) is 22.5. The van der Waals surface area contributed by atoms with Crippen LogP contribution in [0.5, 0.6) is 11.8 Å². The van der Waals surface area contributed by atoms with Gasteiger partial charge in [-0.3, -0.25) is 10.1 Å². The Labute approximate surface area is 166 Å². The van der Waals surface area contributed by atoms with Gasteiger partial charge in [0.1, 0.15) is 0 Å². The molecule has 1 aromatic carbocycles. The molecule has 0 aliphatic heterocycles. The van der Waals surface area contributed by atoms with Crippen LogP contribution in [0.2, 0.25) is 0 Å². The second-order valence-electron chi connectivity index (χ2n) is 5.16. The van der Waals surface area contributed by atoms with Gasteiger partial charge in [-0.1, -0.05) is 18.2 Å². The number of halogens is 4. The highest BCUT2D eigenvalue weighted by molar-refractivity contribution is 7.90. The summed E-state index contributed by atoms with van der Waals surface area (Å²) in [6.07, 6.45) is 0. The van der Waals surface area contributed by atoms with Gasteiger partial charge in [0.2, 0.25) is 23.6 Å². The number of benzene rings is 1. The molecular weight excluding hydrogens is 440 g/mol. The van der Waals surface area contributed by atoms with Crippen molar-refractivity contribution in [2.75, 3.05) is 5.32 Å². The Kier molecular flexibility index (Phi) is 7.10. The fourth-order valence-corrected chi connectivity index (χ4v) is 3.34. The number of nitrogens with one attached hydrogen (secondary N) is 1. The van der Waals surface area contributed by atoms with Gasteiger partial charge in [0.15, 0.2) is 0 Å². The highest BCUT2D eigenvalue weighted by atomic mass is 32.2. The van der Waals surface area contributed by atoms with Crippen LogP contribution in [-0.4, -0.2) is 47.9 Å². The maximum Gasteiger partial charge on any atom is 0.388 e. The lowest BCUT2D eigenvalue weighted by atomic mass is 10.4. The van der Waals surface area contributed by atoms with Gasteiger partial charge in [-0.2, -0.15) is 31.8 Å². The molecule has 0 aliphatic carbocycles. The van der Waals surface area contributed by atoms with E-state index in [9.17, 15) is 35.6 Å². The standard InChI is InChI=1S/C15H12F4N4O6S/c1-8(24)23(30(26,27)9-5-3-2-4-6-9)15(25)22-14-20-10(28-12(16)17)7-11(21-14)29-13(18)19/h2-7,12-13H,1H3,(H,20,21,22,25). The number of ether oxygens (including phenoxy) is 2. The summed E-state index contributed by atoms with van der Waals surface area (Å²) in [4.78, 5) is 30.4. The van der Waals surface area contributed by atoms with Crippen molar-refractivity contribution < 1.29 is 45.0 Å². The number of aromatic nitrogens is 2. The third-order valence-corrected chi connectivity index (χ3v) is 4.84. The smallest absolute Gasteiger partial charge is 0.388 e. The first-order chi connectivity index (χ1) is 14.0. The second-order valence-corrected chi connectivity index (χ2v) is 6.94. The summed E-state index contributed by atoms with van der Waals surface area (Å²) in [7, 11) is -4.66. The fourth-order valence-electron chi connectivity index (χ4n) is 2.03. The fraction of sp³-hybridized carbons (Fsp3) is 0.200. The van der Waals surface area contributed by atoms with Crippen molar-refractivity contribution in [2.45, 2.75) is 25.0 Å². The van der Waals surface area contributed by atoms with E-state index < -0.39 is 57.8 Å². The Bertz CT molecular complexity index is 995. The highest BCUT2D eigenvalue weighted by Crippen LogP contribution is 2.22. The lowest BCUT2D eigenvalue weighted by molar-refractivity contribution is -0.122. The van der Waals surface area contributed by atoms with E-state index in [2.05, 4.69) is 19.4 Å². The van der Waals surface area contributed by atoms with Crippen LogP contribution in [-0.2, 0) is 14.8 Å². The van der Waals surface area contributed by atoms with Crippen LogP contribution >= 0.6 is 0 Å². The number of urea groups is 1. The van der Waals surface area contributed by atoms with Crippen LogP contribution in [0.25, 0.3) is 0 Å². The monoisotopic (exact) mass is 452 g/mol. The number of carbonyl (C=O) groups is 2. The van der Waals surface area contributed by atoms with Crippen molar-refractivity contribution in [3.63, 3.8) is 0 Å². The number of rotatable bonds is 7. The van der Waals surface area contributed by atoms with Gasteiger partial charge in [0.05, 0.1) is 11.0 Å². The van der Waals surface area contributed by atoms with Crippen molar-refractivity contribution in [2.24, 2.45) is 0 Å². The molecule has 0 atom stereocenters. The van der Waals surface area contributed by atoms with Crippen molar-refractivity contribution in [1.82, 2.24) is 14.3 Å². The maximum atomic E-state index is 12.6. The van der Waals surface area contributed by atoms with Crippen LogP contribution < -0.4 is 14.8 Å². The third kappa shape index (κ3) is 5.76. The predicted molar refractivity (Wildman–Crippen MR) is 90.5 cm³/mol. The van der Waals surface area contributed by atoms with E-state index >= 15 is 0 Å². The van der Waals surface area contributed by atoms with Crippen LogP contribution in [0, 0.1) is 0 Å². The number of hydrogen-bond donors (Lipinski definition) is 1. The van der Waals surface area contributed by atoms with E-state index in [0.717, 1.165) is 19.1 Å². The molecule has 3 amide bonds. The molecule has 0 unspecified atom stereocenters. The number of sulfonamides is 1. The molecule has 0 radical (unpaired) electrons. The molecule has 0 saturated heterocycles. The normalized spacial score (nSPS) is 11.3. The minimum absolute atomic E-state index is 0.181. The Morgan fingerprint density at radius 1 is 1.00 bits per heavy atom. The van der Waals surface area contributed by atoms with Gasteiger partial charge in [-0.15, -0.1) is 0 Å². The topological polar surface area (TPSA) is 128 Å². The quantitative estimate of drug-likeness (QED) is 0.635. The first-order valence-corrected chi connectivity index (χ1v) is 9.15. The molecule has 2 aromatic rings. The molecule has 162 valence electrons. The van der Waals surface area contributed by atoms with Gasteiger partial charge in [0.25, 0.3) is 10.0 Å². The number of hydrogen-bond acceptors (Lipinski definition) is 8. The van der Waals surface area contributed by atoms with Crippen molar-refractivity contribution in [3.05, 3.63) is 36.4 Å². The van der Waals surface area contributed by atoms with Gasteiger partial charge >= 0.3 is 19.3 Å². The van der Waals surface area contributed by atoms with Gasteiger partial charge < -0.3 is 9.47 Å². The van der Waals surface area contributed by atoms with Crippen molar-refractivity contribution >= 4 is 27.9 Å². The number of carbonyl (C=O) groups excluding carboxylic acids is 2. The molecular formula is C15H12F4N4O6S. The molecule has 30 heavy (non-hydrogen) atoms. The maximum absolute atomic E-state index is 12.6. The number of nitrogens with zero attached hydrogens (tertiary/aromatic N) is 3. The SMILES string of the molecule is CC(=O)N(C(=O)Nc1nc(OC(F)F)cc(OC(F)F)n1)S(=O)(=O)c1ccccc1. The first-order valence-electron chi connectivity index (χ1n) is 7.71. The molecule has 2 rings (SSSR count). The molecule has 1 heterocycles. The highest BCUT2D eigenvalue weighted by Gasteiger charge is 2.33. The number of alkyl halides is 4. The molecule has 0 fully saturated rings. The predicted octanol–water partition coefficient (Wildman–Crippen LogP) is 2.45. The van der Waals surface area contributed by atoms with Crippen LogP contribution in [0.1, 0.15) is 6.92 Å². The number of amides is 3. The number of imide groups is 1. The van der Waals surface area contributed by atoms with E-state index in [-0.39, 0.29) is 4.31 Å². The zero-order valence-electron chi connectivity index (χ0n) is 14.8. The summed E-state index contributed by atoms with van der Waals surface area (Å²) < 4.78 is 82.5. The van der Waals surface area contributed by atoms with E-state index in [0.29, 0.717) is 6.07 Å². The number of anilines is 1. The third-order valence-electron chi connectivity index (χ3n) is 3.07. The summed E-state index contributed by atoms with van der Waals surface area (Å²) in [5.41, 5.74) is 0.